The van der Waals surface area contributed by atoms with Crippen LogP contribution in [0.2, 0.25) is 0 Å². The van der Waals surface area contributed by atoms with Crippen LogP contribution in [-0.2, 0) is 16.1 Å². The van der Waals surface area contributed by atoms with Crippen molar-refractivity contribution in [3.63, 3.8) is 0 Å². The summed E-state index contributed by atoms with van der Waals surface area (Å²) in [5.41, 5.74) is 0.877. The maximum absolute atomic E-state index is 12.9. The third-order valence-corrected chi connectivity index (χ3v) is 2.44. The minimum absolute atomic E-state index is 0.169. The van der Waals surface area contributed by atoms with Crippen molar-refractivity contribution in [1.29, 1.82) is 0 Å². The number of hydrogen-bond acceptors (Lipinski definition) is 3. The van der Waals surface area contributed by atoms with Crippen LogP contribution >= 0.6 is 0 Å². The predicted octanol–water partition coefficient (Wildman–Crippen LogP) is 2.65. The number of esters is 1. The van der Waals surface area contributed by atoms with E-state index in [2.05, 4.69) is 5.32 Å². The van der Waals surface area contributed by atoms with E-state index < -0.39 is 0 Å². The molecule has 0 aliphatic heterocycles. The first-order valence-electron chi connectivity index (χ1n) is 6.26. The first-order chi connectivity index (χ1) is 8.61. The lowest BCUT2D eigenvalue weighted by atomic mass is 10.2. The van der Waals surface area contributed by atoms with Crippen LogP contribution in [0.15, 0.2) is 24.3 Å². The van der Waals surface area contributed by atoms with E-state index in [9.17, 15) is 9.18 Å². The van der Waals surface area contributed by atoms with Crippen molar-refractivity contribution in [2.45, 2.75) is 39.3 Å². The maximum Gasteiger partial charge on any atom is 0.306 e. The van der Waals surface area contributed by atoms with E-state index in [1.165, 1.54) is 12.1 Å². The second-order valence-corrected chi connectivity index (χ2v) is 4.31. The van der Waals surface area contributed by atoms with Gasteiger partial charge in [0.15, 0.2) is 0 Å². The molecule has 1 rings (SSSR count). The van der Waals surface area contributed by atoms with Gasteiger partial charge in [-0.05, 0) is 31.0 Å². The Morgan fingerprint density at radius 1 is 1.50 bits per heavy atom. The summed E-state index contributed by atoms with van der Waals surface area (Å²) in [6.45, 7) is 4.90. The van der Waals surface area contributed by atoms with Gasteiger partial charge in [0, 0.05) is 19.5 Å². The lowest BCUT2D eigenvalue weighted by molar-refractivity contribution is -0.148. The van der Waals surface area contributed by atoms with Gasteiger partial charge < -0.3 is 10.1 Å². The van der Waals surface area contributed by atoms with Gasteiger partial charge in [-0.1, -0.05) is 19.1 Å². The highest BCUT2D eigenvalue weighted by molar-refractivity contribution is 5.69. The summed E-state index contributed by atoms with van der Waals surface area (Å²) in [4.78, 5) is 11.2. The van der Waals surface area contributed by atoms with Gasteiger partial charge in [0.05, 0.1) is 0 Å². The Labute approximate surface area is 107 Å². The first kappa shape index (κ1) is 14.6. The normalized spacial score (nSPS) is 12.2. The van der Waals surface area contributed by atoms with E-state index in [0.717, 1.165) is 12.0 Å². The maximum atomic E-state index is 12.9. The SMILES string of the molecule is CCCC(=O)OC(C)CNCc1cccc(F)c1. The number of hydrogen-bond donors (Lipinski definition) is 1. The highest BCUT2D eigenvalue weighted by atomic mass is 19.1. The molecule has 0 saturated heterocycles. The topological polar surface area (TPSA) is 38.3 Å². The van der Waals surface area contributed by atoms with E-state index in [1.807, 2.05) is 19.9 Å². The second-order valence-electron chi connectivity index (χ2n) is 4.31. The fourth-order valence-corrected chi connectivity index (χ4v) is 1.60. The molecule has 0 spiro atoms. The molecule has 0 bridgehead atoms. The lowest BCUT2D eigenvalue weighted by Gasteiger charge is -2.14. The summed E-state index contributed by atoms with van der Waals surface area (Å²) < 4.78 is 18.1. The van der Waals surface area contributed by atoms with Gasteiger partial charge in [0.1, 0.15) is 11.9 Å². The molecule has 1 unspecified atom stereocenters. The first-order valence-corrected chi connectivity index (χ1v) is 6.26. The van der Waals surface area contributed by atoms with Crippen LogP contribution in [0, 0.1) is 5.82 Å². The summed E-state index contributed by atoms with van der Waals surface area (Å²) in [6.07, 6.45) is 1.08. The van der Waals surface area contributed by atoms with Crippen LogP contribution in [0.1, 0.15) is 32.3 Å². The molecule has 1 N–H and O–H groups in total. The fraction of sp³-hybridized carbons (Fsp3) is 0.500. The average molecular weight is 253 g/mol. The Morgan fingerprint density at radius 2 is 2.28 bits per heavy atom. The zero-order valence-electron chi connectivity index (χ0n) is 10.9. The predicted molar refractivity (Wildman–Crippen MR) is 68.6 cm³/mol. The molecule has 1 atom stereocenters. The summed E-state index contributed by atoms with van der Waals surface area (Å²) in [7, 11) is 0. The van der Waals surface area contributed by atoms with Crippen molar-refractivity contribution < 1.29 is 13.9 Å². The van der Waals surface area contributed by atoms with Crippen molar-refractivity contribution in [1.82, 2.24) is 5.32 Å². The Morgan fingerprint density at radius 3 is 2.94 bits per heavy atom. The molecule has 0 amide bonds. The molecule has 0 heterocycles. The molecule has 4 heteroatoms. The largest absolute Gasteiger partial charge is 0.461 e. The molecule has 1 aromatic rings. The van der Waals surface area contributed by atoms with Gasteiger partial charge in [-0.15, -0.1) is 0 Å². The third kappa shape index (κ3) is 5.77. The van der Waals surface area contributed by atoms with E-state index in [1.54, 1.807) is 6.07 Å². The Hall–Kier alpha value is -1.42. The van der Waals surface area contributed by atoms with E-state index in [0.29, 0.717) is 19.5 Å². The summed E-state index contributed by atoms with van der Waals surface area (Å²) in [6, 6.07) is 6.43. The molecule has 0 fully saturated rings. The number of halogens is 1. The van der Waals surface area contributed by atoms with Gasteiger partial charge in [0.2, 0.25) is 0 Å². The summed E-state index contributed by atoms with van der Waals surface area (Å²) in [5, 5.41) is 3.13. The number of benzene rings is 1. The van der Waals surface area contributed by atoms with Crippen LogP contribution in [-0.4, -0.2) is 18.6 Å². The van der Waals surface area contributed by atoms with Gasteiger partial charge in [-0.2, -0.15) is 0 Å². The molecular weight excluding hydrogens is 233 g/mol. The highest BCUT2D eigenvalue weighted by Gasteiger charge is 2.07. The molecule has 0 aliphatic rings. The van der Waals surface area contributed by atoms with Gasteiger partial charge in [0.25, 0.3) is 0 Å². The van der Waals surface area contributed by atoms with Crippen LogP contribution < -0.4 is 5.32 Å². The van der Waals surface area contributed by atoms with Gasteiger partial charge >= 0.3 is 5.97 Å². The zero-order valence-corrected chi connectivity index (χ0v) is 10.9. The van der Waals surface area contributed by atoms with Crippen molar-refractivity contribution in [2.24, 2.45) is 0 Å². The van der Waals surface area contributed by atoms with Crippen molar-refractivity contribution in [3.05, 3.63) is 35.6 Å². The zero-order chi connectivity index (χ0) is 13.4. The standard InChI is InChI=1S/C14H20FNO2/c1-3-5-14(17)18-11(2)9-16-10-12-6-4-7-13(15)8-12/h4,6-8,11,16H,3,5,9-10H2,1-2H3. The molecule has 18 heavy (non-hydrogen) atoms. The van der Waals surface area contributed by atoms with Crippen LogP contribution in [0.4, 0.5) is 4.39 Å². The van der Waals surface area contributed by atoms with E-state index in [4.69, 9.17) is 4.74 Å². The Kier molecular flexibility index (Phi) is 6.36. The smallest absolute Gasteiger partial charge is 0.306 e. The number of ether oxygens (including phenoxy) is 1. The van der Waals surface area contributed by atoms with E-state index >= 15 is 0 Å². The summed E-state index contributed by atoms with van der Waals surface area (Å²) >= 11 is 0. The lowest BCUT2D eigenvalue weighted by Crippen LogP contribution is -2.28. The highest BCUT2D eigenvalue weighted by Crippen LogP contribution is 2.03. The molecular formula is C14H20FNO2. The van der Waals surface area contributed by atoms with Gasteiger partial charge in [-0.3, -0.25) is 4.79 Å². The molecule has 0 aromatic heterocycles. The summed E-state index contributed by atoms with van der Waals surface area (Å²) in [5.74, 6) is -0.408. The number of carbonyl (C=O) groups is 1. The van der Waals surface area contributed by atoms with Crippen molar-refractivity contribution in [3.8, 4) is 0 Å². The van der Waals surface area contributed by atoms with Crippen LogP contribution in [0.3, 0.4) is 0 Å². The molecule has 0 aliphatic carbocycles. The van der Waals surface area contributed by atoms with E-state index in [-0.39, 0.29) is 17.9 Å². The minimum atomic E-state index is -0.239. The third-order valence-electron chi connectivity index (χ3n) is 2.44. The minimum Gasteiger partial charge on any atom is -0.461 e. The monoisotopic (exact) mass is 253 g/mol. The quantitative estimate of drug-likeness (QED) is 0.759. The van der Waals surface area contributed by atoms with Crippen molar-refractivity contribution in [2.75, 3.05) is 6.54 Å². The number of nitrogens with one attached hydrogen (secondary N) is 1. The molecule has 3 nitrogen and oxygen atoms in total. The molecule has 0 radical (unpaired) electrons. The Balaban J connectivity index is 2.23. The number of rotatable bonds is 7. The number of carbonyl (C=O) groups excluding carboxylic acids is 1. The second kappa shape index (κ2) is 7.82. The molecule has 0 saturated carbocycles. The van der Waals surface area contributed by atoms with Gasteiger partial charge in [-0.25, -0.2) is 4.39 Å². The Bertz CT molecular complexity index is 382. The van der Waals surface area contributed by atoms with Crippen LogP contribution in [0.5, 0.6) is 0 Å². The fourth-order valence-electron chi connectivity index (χ4n) is 1.60. The van der Waals surface area contributed by atoms with Crippen LogP contribution in [0.25, 0.3) is 0 Å². The molecule has 100 valence electrons. The molecule has 1 aromatic carbocycles. The van der Waals surface area contributed by atoms with Crippen molar-refractivity contribution >= 4 is 5.97 Å². The average Bonchev–Trinajstić information content (AvgIpc) is 2.29.